The fourth-order valence-electron chi connectivity index (χ4n) is 3.96. The van der Waals surface area contributed by atoms with Gasteiger partial charge in [-0.05, 0) is 50.1 Å². The molecule has 7 nitrogen and oxygen atoms in total. The first-order valence-corrected chi connectivity index (χ1v) is 13.6. The molecule has 0 saturated carbocycles. The summed E-state index contributed by atoms with van der Waals surface area (Å²) >= 11 is 12.4. The van der Waals surface area contributed by atoms with Gasteiger partial charge in [0.15, 0.2) is 0 Å². The van der Waals surface area contributed by atoms with Gasteiger partial charge in [0, 0.05) is 23.7 Å². The zero-order chi connectivity index (χ0) is 28.0. The Morgan fingerprint density at radius 2 is 1.71 bits per heavy atom. The van der Waals surface area contributed by atoms with Crippen molar-refractivity contribution in [3.63, 3.8) is 0 Å². The average Bonchev–Trinajstić information content (AvgIpc) is 3.26. The Hall–Kier alpha value is -3.03. The molecular formula is C29H37Cl2N5O2. The molecule has 3 aromatic rings. The molecule has 0 unspecified atom stereocenters. The third-order valence-electron chi connectivity index (χ3n) is 6.17. The highest BCUT2D eigenvalue weighted by Gasteiger charge is 2.23. The highest BCUT2D eigenvalue weighted by Crippen LogP contribution is 2.29. The Morgan fingerprint density at radius 3 is 2.34 bits per heavy atom. The third kappa shape index (κ3) is 7.74. The van der Waals surface area contributed by atoms with E-state index in [2.05, 4.69) is 17.6 Å². The number of halogens is 2. The Bertz CT molecular complexity index is 1300. The van der Waals surface area contributed by atoms with Gasteiger partial charge in [0.1, 0.15) is 12.4 Å². The number of urea groups is 1. The molecule has 3 rings (SSSR count). The Labute approximate surface area is 235 Å². The molecule has 204 valence electrons. The molecular weight excluding hydrogens is 521 g/mol. The van der Waals surface area contributed by atoms with Crippen molar-refractivity contribution in [2.45, 2.75) is 66.2 Å². The van der Waals surface area contributed by atoms with Gasteiger partial charge >= 0.3 is 6.03 Å². The smallest absolute Gasteiger partial charge is 0.315 e. The minimum absolute atomic E-state index is 0.0993. The second-order valence-corrected chi connectivity index (χ2v) is 11.4. The van der Waals surface area contributed by atoms with Crippen LogP contribution in [0.1, 0.15) is 63.8 Å². The van der Waals surface area contributed by atoms with Crippen LogP contribution in [0.3, 0.4) is 0 Å². The highest BCUT2D eigenvalue weighted by atomic mass is 35.5. The van der Waals surface area contributed by atoms with Gasteiger partial charge in [0.25, 0.3) is 0 Å². The Kier molecular flexibility index (Phi) is 9.85. The van der Waals surface area contributed by atoms with Gasteiger partial charge in [0.05, 0.1) is 21.4 Å². The normalized spacial score (nSPS) is 11.4. The zero-order valence-electron chi connectivity index (χ0n) is 23.0. The molecule has 1 heterocycles. The van der Waals surface area contributed by atoms with E-state index in [0.717, 1.165) is 41.8 Å². The molecule has 0 bridgehead atoms. The van der Waals surface area contributed by atoms with Crippen LogP contribution in [0, 0.1) is 13.8 Å². The van der Waals surface area contributed by atoms with Crippen LogP contribution in [0.25, 0.3) is 5.69 Å². The van der Waals surface area contributed by atoms with E-state index < -0.39 is 0 Å². The van der Waals surface area contributed by atoms with Crippen LogP contribution in [0.5, 0.6) is 0 Å². The largest absolute Gasteiger partial charge is 0.322 e. The van der Waals surface area contributed by atoms with Crippen molar-refractivity contribution in [2.24, 2.45) is 0 Å². The number of aromatic nitrogens is 2. The van der Waals surface area contributed by atoms with Gasteiger partial charge in [-0.25, -0.2) is 9.48 Å². The van der Waals surface area contributed by atoms with Crippen LogP contribution in [0.15, 0.2) is 42.5 Å². The second-order valence-electron chi connectivity index (χ2n) is 10.6. The quantitative estimate of drug-likeness (QED) is 0.264. The molecule has 0 fully saturated rings. The number of aryl methyl sites for hydroxylation is 2. The summed E-state index contributed by atoms with van der Waals surface area (Å²) in [4.78, 5) is 28.0. The first-order chi connectivity index (χ1) is 17.9. The molecule has 2 aromatic carbocycles. The predicted molar refractivity (Wildman–Crippen MR) is 157 cm³/mol. The standard InChI is InChI=1S/C29H37Cl2N5O2/c1-7-8-9-14-35(28(38)32-24-13-10-19(2)15-20(24)3)18-27(37)33-26-17-25(29(4,5)6)34-36(26)21-11-12-22(30)23(31)16-21/h10-13,15-17H,7-9,14,18H2,1-6H3,(H,32,38)(H,33,37). The van der Waals surface area contributed by atoms with E-state index in [1.165, 1.54) is 0 Å². The molecule has 0 atom stereocenters. The Balaban J connectivity index is 1.83. The van der Waals surface area contributed by atoms with Crippen molar-refractivity contribution in [1.29, 1.82) is 0 Å². The maximum atomic E-state index is 13.3. The summed E-state index contributed by atoms with van der Waals surface area (Å²) in [5.41, 5.74) is 4.03. The second kappa shape index (κ2) is 12.7. The first-order valence-electron chi connectivity index (χ1n) is 12.9. The summed E-state index contributed by atoms with van der Waals surface area (Å²) in [6.45, 7) is 12.6. The van der Waals surface area contributed by atoms with Crippen LogP contribution in [-0.4, -0.2) is 39.7 Å². The summed E-state index contributed by atoms with van der Waals surface area (Å²) in [5.74, 6) is 0.167. The van der Waals surface area contributed by atoms with E-state index in [4.69, 9.17) is 28.3 Å². The Morgan fingerprint density at radius 1 is 0.974 bits per heavy atom. The van der Waals surface area contributed by atoms with E-state index in [1.54, 1.807) is 27.8 Å². The number of amides is 3. The number of hydrogen-bond acceptors (Lipinski definition) is 3. The first kappa shape index (κ1) is 29.5. The molecule has 1 aromatic heterocycles. The maximum Gasteiger partial charge on any atom is 0.322 e. The van der Waals surface area contributed by atoms with Gasteiger partial charge in [-0.1, -0.05) is 81.4 Å². The number of unbranched alkanes of at least 4 members (excludes halogenated alkanes) is 2. The number of anilines is 2. The van der Waals surface area contributed by atoms with E-state index in [9.17, 15) is 9.59 Å². The lowest BCUT2D eigenvalue weighted by Gasteiger charge is -2.23. The maximum absolute atomic E-state index is 13.3. The van der Waals surface area contributed by atoms with Crippen molar-refractivity contribution < 1.29 is 9.59 Å². The summed E-state index contributed by atoms with van der Waals surface area (Å²) in [5, 5.41) is 11.5. The lowest BCUT2D eigenvalue weighted by molar-refractivity contribution is -0.116. The number of nitrogens with one attached hydrogen (secondary N) is 2. The molecule has 0 aliphatic rings. The molecule has 0 aliphatic carbocycles. The molecule has 0 radical (unpaired) electrons. The summed E-state index contributed by atoms with van der Waals surface area (Å²) in [7, 11) is 0. The van der Waals surface area contributed by atoms with E-state index in [-0.39, 0.29) is 23.9 Å². The van der Waals surface area contributed by atoms with Gasteiger partial charge in [-0.15, -0.1) is 0 Å². The average molecular weight is 559 g/mol. The summed E-state index contributed by atoms with van der Waals surface area (Å²) in [6.07, 6.45) is 2.78. The third-order valence-corrected chi connectivity index (χ3v) is 6.91. The van der Waals surface area contributed by atoms with Crippen molar-refractivity contribution in [1.82, 2.24) is 14.7 Å². The van der Waals surface area contributed by atoms with Crippen LogP contribution in [0.4, 0.5) is 16.3 Å². The number of rotatable bonds is 9. The molecule has 3 amide bonds. The molecule has 2 N–H and O–H groups in total. The molecule has 38 heavy (non-hydrogen) atoms. The van der Waals surface area contributed by atoms with E-state index >= 15 is 0 Å². The fourth-order valence-corrected chi connectivity index (χ4v) is 4.25. The summed E-state index contributed by atoms with van der Waals surface area (Å²) in [6, 6.07) is 12.6. The molecule has 9 heteroatoms. The minimum Gasteiger partial charge on any atom is -0.315 e. The predicted octanol–water partition coefficient (Wildman–Crippen LogP) is 7.76. The van der Waals surface area contributed by atoms with Crippen LogP contribution < -0.4 is 10.6 Å². The topological polar surface area (TPSA) is 79.3 Å². The van der Waals surface area contributed by atoms with Crippen molar-refractivity contribution in [2.75, 3.05) is 23.7 Å². The van der Waals surface area contributed by atoms with Gasteiger partial charge in [-0.3, -0.25) is 4.79 Å². The zero-order valence-corrected chi connectivity index (χ0v) is 24.5. The van der Waals surface area contributed by atoms with Crippen LogP contribution >= 0.6 is 23.2 Å². The minimum atomic E-state index is -0.320. The number of benzene rings is 2. The molecule has 0 spiro atoms. The number of nitrogens with zero attached hydrogens (tertiary/aromatic N) is 3. The van der Waals surface area contributed by atoms with Gasteiger partial charge in [0.2, 0.25) is 5.91 Å². The van der Waals surface area contributed by atoms with Gasteiger partial charge < -0.3 is 15.5 Å². The van der Waals surface area contributed by atoms with E-state index in [0.29, 0.717) is 28.1 Å². The van der Waals surface area contributed by atoms with Gasteiger partial charge in [-0.2, -0.15) is 5.10 Å². The molecule has 0 aliphatic heterocycles. The monoisotopic (exact) mass is 557 g/mol. The highest BCUT2D eigenvalue weighted by molar-refractivity contribution is 6.42. The number of hydrogen-bond donors (Lipinski definition) is 2. The van der Waals surface area contributed by atoms with E-state index in [1.807, 2.05) is 58.9 Å². The lowest BCUT2D eigenvalue weighted by Crippen LogP contribution is -2.41. The fraction of sp³-hybridized carbons (Fsp3) is 0.414. The van der Waals surface area contributed by atoms with Crippen LogP contribution in [0.2, 0.25) is 10.0 Å². The molecule has 0 saturated heterocycles. The lowest BCUT2D eigenvalue weighted by atomic mass is 9.92. The van der Waals surface area contributed by atoms with Crippen molar-refractivity contribution in [3.05, 3.63) is 69.3 Å². The summed E-state index contributed by atoms with van der Waals surface area (Å²) < 4.78 is 1.64. The number of carbonyl (C=O) groups excluding carboxylic acids is 2. The van der Waals surface area contributed by atoms with Crippen molar-refractivity contribution >= 4 is 46.6 Å². The number of carbonyl (C=O) groups is 2. The SMILES string of the molecule is CCCCCN(CC(=O)Nc1cc(C(C)(C)C)nn1-c1ccc(Cl)c(Cl)c1)C(=O)Nc1ccc(C)cc1C. The van der Waals surface area contributed by atoms with Crippen LogP contribution in [-0.2, 0) is 10.2 Å². The van der Waals surface area contributed by atoms with Crippen molar-refractivity contribution in [3.8, 4) is 5.69 Å².